The maximum Gasteiger partial charge on any atom is 0.221 e. The van der Waals surface area contributed by atoms with Gasteiger partial charge in [0.25, 0.3) is 0 Å². The summed E-state index contributed by atoms with van der Waals surface area (Å²) in [6, 6.07) is 0. The molecule has 4 N–H and O–H groups in total. The first kappa shape index (κ1) is 12.4. The van der Waals surface area contributed by atoms with Gasteiger partial charge in [-0.25, -0.2) is 0 Å². The Kier molecular flexibility index (Phi) is 6.54. The highest BCUT2D eigenvalue weighted by Gasteiger charge is 2.12. The molecule has 0 aliphatic carbocycles. The highest BCUT2D eigenvalue weighted by atomic mass is 16.1. The number of nitrogens with two attached hydrogens (primary N) is 2. The lowest BCUT2D eigenvalue weighted by atomic mass is 10.1. The Labute approximate surface area is 80.3 Å². The van der Waals surface area contributed by atoms with Crippen LogP contribution >= 0.6 is 0 Å². The van der Waals surface area contributed by atoms with Crippen LogP contribution in [0.3, 0.4) is 0 Å². The summed E-state index contributed by atoms with van der Waals surface area (Å²) in [5, 5.41) is 0. The predicted octanol–water partition coefficient (Wildman–Crippen LogP) is -0.221. The lowest BCUT2D eigenvalue weighted by Crippen LogP contribution is -2.35. The molecular formula is C9H21N3O. The van der Waals surface area contributed by atoms with Crippen molar-refractivity contribution in [3.05, 3.63) is 0 Å². The number of hydrogen-bond acceptors (Lipinski definition) is 3. The zero-order valence-electron chi connectivity index (χ0n) is 8.62. The quantitative estimate of drug-likeness (QED) is 0.578. The molecule has 0 aliphatic rings. The highest BCUT2D eigenvalue weighted by molar-refractivity contribution is 5.76. The monoisotopic (exact) mass is 187 g/mol. The number of hydrogen-bond donors (Lipinski definition) is 2. The molecule has 0 saturated heterocycles. The molecule has 4 nitrogen and oxygen atoms in total. The molecule has 1 atom stereocenters. The molecule has 0 aliphatic heterocycles. The standard InChI is InChI=1S/C9H21N3O/c1-3-12(6-4-5-10)7-8(2)9(11)13/h8H,3-7,10H2,1-2H3,(H2,11,13). The fourth-order valence-electron chi connectivity index (χ4n) is 1.17. The van der Waals surface area contributed by atoms with Crippen LogP contribution in [0.4, 0.5) is 0 Å². The van der Waals surface area contributed by atoms with Crippen molar-refractivity contribution >= 4 is 5.91 Å². The molecule has 0 aromatic carbocycles. The van der Waals surface area contributed by atoms with E-state index in [-0.39, 0.29) is 11.8 Å². The van der Waals surface area contributed by atoms with Crippen molar-refractivity contribution in [3.8, 4) is 0 Å². The Morgan fingerprint density at radius 3 is 2.54 bits per heavy atom. The van der Waals surface area contributed by atoms with E-state index in [1.807, 2.05) is 6.92 Å². The van der Waals surface area contributed by atoms with Gasteiger partial charge in [-0.1, -0.05) is 13.8 Å². The van der Waals surface area contributed by atoms with Crippen molar-refractivity contribution in [2.24, 2.45) is 17.4 Å². The van der Waals surface area contributed by atoms with Crippen molar-refractivity contribution in [1.29, 1.82) is 0 Å². The van der Waals surface area contributed by atoms with Crippen LogP contribution in [0.15, 0.2) is 0 Å². The van der Waals surface area contributed by atoms with Crippen molar-refractivity contribution in [2.45, 2.75) is 20.3 Å². The SMILES string of the molecule is CCN(CCCN)CC(C)C(N)=O. The van der Waals surface area contributed by atoms with Gasteiger partial charge in [-0.2, -0.15) is 0 Å². The van der Waals surface area contributed by atoms with Crippen LogP contribution in [0, 0.1) is 5.92 Å². The Balaban J connectivity index is 3.75. The molecule has 4 heteroatoms. The van der Waals surface area contributed by atoms with Crippen molar-refractivity contribution < 1.29 is 4.79 Å². The predicted molar refractivity (Wildman–Crippen MR) is 54.1 cm³/mol. The van der Waals surface area contributed by atoms with Crippen LogP contribution in [0.25, 0.3) is 0 Å². The zero-order chi connectivity index (χ0) is 10.3. The third-order valence-corrected chi connectivity index (χ3v) is 2.14. The number of rotatable bonds is 7. The second kappa shape index (κ2) is 6.86. The average molecular weight is 187 g/mol. The van der Waals surface area contributed by atoms with Gasteiger partial charge < -0.3 is 16.4 Å². The number of nitrogens with zero attached hydrogens (tertiary/aromatic N) is 1. The molecule has 0 rings (SSSR count). The molecule has 0 fully saturated rings. The molecule has 0 saturated carbocycles. The normalized spacial score (nSPS) is 13.2. The van der Waals surface area contributed by atoms with Gasteiger partial charge >= 0.3 is 0 Å². The Bertz CT molecular complexity index is 150. The van der Waals surface area contributed by atoms with E-state index in [1.165, 1.54) is 0 Å². The Hall–Kier alpha value is -0.610. The highest BCUT2D eigenvalue weighted by Crippen LogP contribution is 1.99. The Morgan fingerprint density at radius 1 is 1.54 bits per heavy atom. The van der Waals surface area contributed by atoms with Crippen LogP contribution in [0.1, 0.15) is 20.3 Å². The molecule has 0 heterocycles. The fourth-order valence-corrected chi connectivity index (χ4v) is 1.17. The Morgan fingerprint density at radius 2 is 2.15 bits per heavy atom. The summed E-state index contributed by atoms with van der Waals surface area (Å²) >= 11 is 0. The first-order chi connectivity index (χ1) is 6.11. The third-order valence-electron chi connectivity index (χ3n) is 2.14. The van der Waals surface area contributed by atoms with E-state index in [0.29, 0.717) is 6.54 Å². The topological polar surface area (TPSA) is 72.3 Å². The van der Waals surface area contributed by atoms with Crippen LogP contribution in [0.5, 0.6) is 0 Å². The largest absolute Gasteiger partial charge is 0.369 e. The summed E-state index contributed by atoms with van der Waals surface area (Å²) in [6.07, 6.45) is 0.972. The summed E-state index contributed by atoms with van der Waals surface area (Å²) < 4.78 is 0. The number of carbonyl (C=O) groups is 1. The first-order valence-corrected chi connectivity index (χ1v) is 4.83. The van der Waals surface area contributed by atoms with Crippen LogP contribution in [0.2, 0.25) is 0 Å². The van der Waals surface area contributed by atoms with Crippen LogP contribution in [-0.4, -0.2) is 37.0 Å². The molecular weight excluding hydrogens is 166 g/mol. The van der Waals surface area contributed by atoms with Gasteiger partial charge in [0.05, 0.1) is 0 Å². The molecule has 0 aromatic rings. The average Bonchev–Trinajstić information content (AvgIpc) is 2.11. The lowest BCUT2D eigenvalue weighted by molar-refractivity contribution is -0.121. The minimum absolute atomic E-state index is 0.0716. The third kappa shape index (κ3) is 5.60. The molecule has 78 valence electrons. The molecule has 0 aromatic heterocycles. The molecule has 0 spiro atoms. The van der Waals surface area contributed by atoms with Gasteiger partial charge in [0.15, 0.2) is 0 Å². The summed E-state index contributed by atoms with van der Waals surface area (Å²) in [5.41, 5.74) is 10.6. The van der Waals surface area contributed by atoms with E-state index >= 15 is 0 Å². The van der Waals surface area contributed by atoms with Crippen molar-refractivity contribution in [3.63, 3.8) is 0 Å². The fraction of sp³-hybridized carbons (Fsp3) is 0.889. The van der Waals surface area contributed by atoms with Gasteiger partial charge in [0, 0.05) is 12.5 Å². The maximum atomic E-state index is 10.8. The second-order valence-electron chi connectivity index (χ2n) is 3.34. The van der Waals surface area contributed by atoms with E-state index in [1.54, 1.807) is 0 Å². The van der Waals surface area contributed by atoms with Gasteiger partial charge in [-0.3, -0.25) is 4.79 Å². The zero-order valence-corrected chi connectivity index (χ0v) is 8.62. The first-order valence-electron chi connectivity index (χ1n) is 4.83. The van der Waals surface area contributed by atoms with Crippen molar-refractivity contribution in [2.75, 3.05) is 26.2 Å². The smallest absolute Gasteiger partial charge is 0.221 e. The summed E-state index contributed by atoms with van der Waals surface area (Å²) in [7, 11) is 0. The molecule has 0 radical (unpaired) electrons. The van der Waals surface area contributed by atoms with E-state index in [9.17, 15) is 4.79 Å². The van der Waals surface area contributed by atoms with E-state index in [0.717, 1.165) is 26.1 Å². The minimum Gasteiger partial charge on any atom is -0.369 e. The van der Waals surface area contributed by atoms with Crippen LogP contribution < -0.4 is 11.5 Å². The summed E-state index contributed by atoms with van der Waals surface area (Å²) in [4.78, 5) is 13.0. The maximum absolute atomic E-state index is 10.8. The lowest BCUT2D eigenvalue weighted by Gasteiger charge is -2.22. The summed E-state index contributed by atoms with van der Waals surface area (Å²) in [5.74, 6) is -0.302. The van der Waals surface area contributed by atoms with E-state index in [2.05, 4.69) is 11.8 Å². The number of amides is 1. The minimum atomic E-state index is -0.230. The van der Waals surface area contributed by atoms with Crippen LogP contribution in [-0.2, 0) is 4.79 Å². The number of carbonyl (C=O) groups excluding carboxylic acids is 1. The van der Waals surface area contributed by atoms with Gasteiger partial charge in [0.2, 0.25) is 5.91 Å². The molecule has 13 heavy (non-hydrogen) atoms. The van der Waals surface area contributed by atoms with Gasteiger partial charge in [-0.05, 0) is 26.1 Å². The van der Waals surface area contributed by atoms with Gasteiger partial charge in [0.1, 0.15) is 0 Å². The van der Waals surface area contributed by atoms with Crippen molar-refractivity contribution in [1.82, 2.24) is 4.90 Å². The summed E-state index contributed by atoms with van der Waals surface area (Å²) in [6.45, 7) is 7.26. The number of primary amides is 1. The second-order valence-corrected chi connectivity index (χ2v) is 3.34. The molecule has 1 unspecified atom stereocenters. The van der Waals surface area contributed by atoms with E-state index in [4.69, 9.17) is 11.5 Å². The van der Waals surface area contributed by atoms with Gasteiger partial charge in [-0.15, -0.1) is 0 Å². The molecule has 0 bridgehead atoms. The molecule has 1 amide bonds. The van der Waals surface area contributed by atoms with E-state index < -0.39 is 0 Å².